The van der Waals surface area contributed by atoms with Gasteiger partial charge >= 0.3 is 12.1 Å². The van der Waals surface area contributed by atoms with Crippen LogP contribution in [0.3, 0.4) is 0 Å². The van der Waals surface area contributed by atoms with Crippen molar-refractivity contribution in [2.45, 2.75) is 84.9 Å². The number of carbonyl (C=O) groups excluding carboxylic acids is 4. The first kappa shape index (κ1) is 34.1. The Morgan fingerprint density at radius 1 is 1.02 bits per heavy atom. The predicted molar refractivity (Wildman–Crippen MR) is 160 cm³/mol. The van der Waals surface area contributed by atoms with Gasteiger partial charge in [0.05, 0.1) is 13.0 Å². The highest BCUT2D eigenvalue weighted by atomic mass is 16.6. The molecule has 2 aromatic rings. The van der Waals surface area contributed by atoms with E-state index in [4.69, 9.17) is 9.47 Å². The smallest absolute Gasteiger partial charge is 0.408 e. The lowest BCUT2D eigenvalue weighted by Crippen LogP contribution is -2.54. The van der Waals surface area contributed by atoms with Gasteiger partial charge in [-0.3, -0.25) is 14.4 Å². The SMILES string of the molecule is CCCCN(C(=O)C(Cc1ccc(O)cc1)NC(=O)OC(C)(C)C)C(C(=O)NCCC(=O)OCC)c1cccc(C)c1. The molecule has 10 heteroatoms. The minimum atomic E-state index is -1.07. The molecule has 3 N–H and O–H groups in total. The molecule has 2 aromatic carbocycles. The summed E-state index contributed by atoms with van der Waals surface area (Å²) in [6.07, 6.45) is 0.707. The molecule has 0 aliphatic rings. The maximum atomic E-state index is 14.3. The lowest BCUT2D eigenvalue weighted by atomic mass is 9.98. The highest BCUT2D eigenvalue weighted by Crippen LogP contribution is 2.25. The van der Waals surface area contributed by atoms with Crippen LogP contribution in [0.1, 0.15) is 76.6 Å². The number of hydrogen-bond acceptors (Lipinski definition) is 7. The molecule has 10 nitrogen and oxygen atoms in total. The summed E-state index contributed by atoms with van der Waals surface area (Å²) in [4.78, 5) is 54.3. The fourth-order valence-electron chi connectivity index (χ4n) is 4.34. The number of carbonyl (C=O) groups is 4. The first-order valence-corrected chi connectivity index (χ1v) is 14.4. The predicted octanol–water partition coefficient (Wildman–Crippen LogP) is 4.58. The first-order valence-electron chi connectivity index (χ1n) is 14.4. The number of hydrogen-bond donors (Lipinski definition) is 3. The third-order valence-electron chi connectivity index (χ3n) is 6.25. The minimum absolute atomic E-state index is 0.00724. The van der Waals surface area contributed by atoms with Crippen LogP contribution in [0.2, 0.25) is 0 Å². The fraction of sp³-hybridized carbons (Fsp3) is 0.500. The molecule has 0 heterocycles. The summed E-state index contributed by atoms with van der Waals surface area (Å²) in [5, 5.41) is 15.2. The van der Waals surface area contributed by atoms with Gasteiger partial charge in [0, 0.05) is 19.5 Å². The Morgan fingerprint density at radius 3 is 2.31 bits per heavy atom. The fourth-order valence-corrected chi connectivity index (χ4v) is 4.34. The molecule has 2 rings (SSSR count). The Morgan fingerprint density at radius 2 is 1.71 bits per heavy atom. The second-order valence-electron chi connectivity index (χ2n) is 11.1. The molecule has 0 aliphatic heterocycles. The van der Waals surface area contributed by atoms with Crippen LogP contribution >= 0.6 is 0 Å². The number of unbranched alkanes of at least 4 members (excludes halogenated alkanes) is 1. The van der Waals surface area contributed by atoms with Gasteiger partial charge in [-0.2, -0.15) is 0 Å². The second kappa shape index (κ2) is 16.4. The van der Waals surface area contributed by atoms with Gasteiger partial charge in [0.15, 0.2) is 0 Å². The second-order valence-corrected chi connectivity index (χ2v) is 11.1. The quantitative estimate of drug-likeness (QED) is 0.277. The first-order chi connectivity index (χ1) is 19.8. The Kier molecular flexibility index (Phi) is 13.3. The van der Waals surface area contributed by atoms with Gasteiger partial charge in [0.1, 0.15) is 23.4 Å². The number of alkyl carbamates (subject to hydrolysis) is 1. The lowest BCUT2D eigenvalue weighted by molar-refractivity contribution is -0.144. The number of phenolic OH excluding ortho intramolecular Hbond substituents is 1. The number of aromatic hydroxyl groups is 1. The molecule has 0 spiro atoms. The van der Waals surface area contributed by atoms with Gasteiger partial charge in [-0.25, -0.2) is 4.79 Å². The zero-order valence-corrected chi connectivity index (χ0v) is 25.6. The lowest BCUT2D eigenvalue weighted by Gasteiger charge is -2.34. The molecule has 42 heavy (non-hydrogen) atoms. The van der Waals surface area contributed by atoms with Crippen molar-refractivity contribution in [3.05, 3.63) is 65.2 Å². The third-order valence-corrected chi connectivity index (χ3v) is 6.25. The summed E-state index contributed by atoms with van der Waals surface area (Å²) in [7, 11) is 0. The molecule has 0 fully saturated rings. The summed E-state index contributed by atoms with van der Waals surface area (Å²) < 4.78 is 10.4. The number of benzene rings is 2. The number of phenols is 1. The van der Waals surface area contributed by atoms with Crippen LogP contribution in [0.15, 0.2) is 48.5 Å². The molecule has 0 aromatic heterocycles. The summed E-state index contributed by atoms with van der Waals surface area (Å²) in [6.45, 7) is 11.3. The van der Waals surface area contributed by atoms with Crippen molar-refractivity contribution >= 4 is 23.9 Å². The summed E-state index contributed by atoms with van der Waals surface area (Å²) in [6, 6.07) is 11.6. The van der Waals surface area contributed by atoms with Crippen molar-refractivity contribution in [3.63, 3.8) is 0 Å². The van der Waals surface area contributed by atoms with Crippen molar-refractivity contribution < 1.29 is 33.8 Å². The molecule has 0 saturated heterocycles. The molecule has 0 aliphatic carbocycles. The van der Waals surface area contributed by atoms with Crippen molar-refractivity contribution in [1.82, 2.24) is 15.5 Å². The highest BCUT2D eigenvalue weighted by molar-refractivity contribution is 5.92. The molecule has 2 atom stereocenters. The van der Waals surface area contributed by atoms with Crippen LogP contribution in [-0.4, -0.2) is 65.2 Å². The minimum Gasteiger partial charge on any atom is -0.508 e. The molecule has 0 bridgehead atoms. The molecular formula is C32H45N3O7. The van der Waals surface area contributed by atoms with E-state index in [-0.39, 0.29) is 38.3 Å². The standard InChI is InChI=1S/C32H45N3O7/c1-7-9-19-35(28(24-12-10-11-22(3)20-24)29(38)33-18-17-27(37)41-8-2)30(39)26(34-31(40)42-32(4,5)6)21-23-13-15-25(36)16-14-23/h10-16,20,26,28,36H,7-9,17-19,21H2,1-6H3,(H,33,38)(H,34,40). The van der Waals surface area contributed by atoms with Crippen molar-refractivity contribution in [2.24, 2.45) is 0 Å². The van der Waals surface area contributed by atoms with Gasteiger partial charge in [-0.15, -0.1) is 0 Å². The maximum absolute atomic E-state index is 14.3. The Balaban J connectivity index is 2.49. The topological polar surface area (TPSA) is 134 Å². The average Bonchev–Trinajstić information content (AvgIpc) is 2.90. The molecule has 230 valence electrons. The monoisotopic (exact) mass is 583 g/mol. The van der Waals surface area contributed by atoms with E-state index in [1.54, 1.807) is 45.9 Å². The number of esters is 1. The number of aryl methyl sites for hydroxylation is 1. The number of ether oxygens (including phenoxy) is 2. The largest absolute Gasteiger partial charge is 0.508 e. The van der Waals surface area contributed by atoms with Crippen LogP contribution in [-0.2, 0) is 30.3 Å². The zero-order valence-electron chi connectivity index (χ0n) is 25.6. The number of rotatable bonds is 14. The van der Waals surface area contributed by atoms with Crippen LogP contribution in [0.25, 0.3) is 0 Å². The van der Waals surface area contributed by atoms with Crippen LogP contribution < -0.4 is 10.6 Å². The van der Waals surface area contributed by atoms with E-state index in [1.807, 2.05) is 32.0 Å². The van der Waals surface area contributed by atoms with E-state index >= 15 is 0 Å². The molecule has 2 unspecified atom stereocenters. The van der Waals surface area contributed by atoms with E-state index in [2.05, 4.69) is 10.6 Å². The zero-order chi connectivity index (χ0) is 31.3. The van der Waals surface area contributed by atoms with Crippen LogP contribution in [0, 0.1) is 6.92 Å². The van der Waals surface area contributed by atoms with E-state index in [1.165, 1.54) is 17.0 Å². The van der Waals surface area contributed by atoms with E-state index in [9.17, 15) is 24.3 Å². The number of nitrogens with zero attached hydrogens (tertiary/aromatic N) is 1. The molecular weight excluding hydrogens is 538 g/mol. The summed E-state index contributed by atoms with van der Waals surface area (Å²) in [5.74, 6) is -1.27. The molecule has 0 saturated carbocycles. The van der Waals surface area contributed by atoms with E-state index in [0.29, 0.717) is 17.5 Å². The third kappa shape index (κ3) is 11.4. The van der Waals surface area contributed by atoms with Gasteiger partial charge in [-0.1, -0.05) is 55.3 Å². The van der Waals surface area contributed by atoms with Crippen LogP contribution in [0.4, 0.5) is 4.79 Å². The van der Waals surface area contributed by atoms with E-state index < -0.39 is 41.6 Å². The van der Waals surface area contributed by atoms with Gasteiger partial charge in [0.2, 0.25) is 11.8 Å². The van der Waals surface area contributed by atoms with Gasteiger partial charge in [-0.05, 0) is 64.3 Å². The maximum Gasteiger partial charge on any atom is 0.408 e. The summed E-state index contributed by atoms with van der Waals surface area (Å²) in [5.41, 5.74) is 1.42. The van der Waals surface area contributed by atoms with Gasteiger partial charge in [0.25, 0.3) is 0 Å². The average molecular weight is 584 g/mol. The van der Waals surface area contributed by atoms with Gasteiger partial charge < -0.3 is 30.1 Å². The number of nitrogens with one attached hydrogen (secondary N) is 2. The van der Waals surface area contributed by atoms with Crippen molar-refractivity contribution in [3.8, 4) is 5.75 Å². The van der Waals surface area contributed by atoms with Crippen LogP contribution in [0.5, 0.6) is 5.75 Å². The Hall–Kier alpha value is -4.08. The molecule has 0 radical (unpaired) electrons. The number of amides is 3. The summed E-state index contributed by atoms with van der Waals surface area (Å²) >= 11 is 0. The Bertz CT molecular complexity index is 1190. The van der Waals surface area contributed by atoms with Crippen molar-refractivity contribution in [2.75, 3.05) is 19.7 Å². The van der Waals surface area contributed by atoms with E-state index in [0.717, 1.165) is 12.0 Å². The molecule has 3 amide bonds. The Labute approximate surface area is 248 Å². The highest BCUT2D eigenvalue weighted by Gasteiger charge is 2.36. The van der Waals surface area contributed by atoms with Crippen molar-refractivity contribution in [1.29, 1.82) is 0 Å². The normalized spacial score (nSPS) is 12.5.